The van der Waals surface area contributed by atoms with Gasteiger partial charge in [0.05, 0.1) is 22.3 Å². The van der Waals surface area contributed by atoms with Gasteiger partial charge in [-0.25, -0.2) is 13.4 Å². The van der Waals surface area contributed by atoms with E-state index in [0.29, 0.717) is 12.1 Å². The Morgan fingerprint density at radius 1 is 1.15 bits per heavy atom. The van der Waals surface area contributed by atoms with Crippen molar-refractivity contribution in [3.05, 3.63) is 29.8 Å². The van der Waals surface area contributed by atoms with Gasteiger partial charge in [0.1, 0.15) is 0 Å². The van der Waals surface area contributed by atoms with Gasteiger partial charge in [-0.1, -0.05) is 6.42 Å². The van der Waals surface area contributed by atoms with Crippen LogP contribution in [-0.2, 0) is 9.84 Å². The monoisotopic (exact) mass is 293 g/mol. The Morgan fingerprint density at radius 3 is 2.40 bits per heavy atom. The summed E-state index contributed by atoms with van der Waals surface area (Å²) in [6.07, 6.45) is 3.58. The molecule has 0 atom stereocenters. The van der Waals surface area contributed by atoms with E-state index in [1.807, 2.05) is 6.07 Å². The van der Waals surface area contributed by atoms with E-state index >= 15 is 0 Å². The van der Waals surface area contributed by atoms with Gasteiger partial charge >= 0.3 is 0 Å². The Labute approximate surface area is 120 Å². The summed E-state index contributed by atoms with van der Waals surface area (Å²) in [6, 6.07) is 8.03. The maximum Gasteiger partial charge on any atom is 0.179 e. The molecule has 0 amide bonds. The Kier molecular flexibility index (Phi) is 5.12. The topological polar surface area (TPSA) is 73.2 Å². The maximum absolute atomic E-state index is 12.1. The first-order chi connectivity index (χ1) is 9.62. The first-order valence-electron chi connectivity index (χ1n) is 6.83. The number of rotatable bonds is 5. The van der Waals surface area contributed by atoms with Crippen molar-refractivity contribution in [2.24, 2.45) is 0 Å². The van der Waals surface area contributed by atoms with Gasteiger partial charge in [0, 0.05) is 19.6 Å². The van der Waals surface area contributed by atoms with E-state index in [9.17, 15) is 8.42 Å². The summed E-state index contributed by atoms with van der Waals surface area (Å²) in [5.41, 5.74) is 3.64. The van der Waals surface area contributed by atoms with Crippen LogP contribution in [0.3, 0.4) is 0 Å². The number of nitrogens with zero attached hydrogens (tertiary/aromatic N) is 2. The van der Waals surface area contributed by atoms with Crippen LogP contribution in [0.2, 0.25) is 0 Å². The molecule has 1 aromatic rings. The highest BCUT2D eigenvalue weighted by atomic mass is 32.2. The summed E-state index contributed by atoms with van der Waals surface area (Å²) in [5.74, 6) is 0.0649. The van der Waals surface area contributed by atoms with E-state index in [4.69, 9.17) is 5.26 Å². The van der Waals surface area contributed by atoms with Crippen molar-refractivity contribution >= 4 is 9.84 Å². The third-order valence-electron chi connectivity index (χ3n) is 3.40. The van der Waals surface area contributed by atoms with Gasteiger partial charge < -0.3 is 0 Å². The zero-order valence-corrected chi connectivity index (χ0v) is 12.2. The first-order valence-corrected chi connectivity index (χ1v) is 8.48. The molecule has 0 spiro atoms. The predicted molar refractivity (Wildman–Crippen MR) is 76.6 cm³/mol. The summed E-state index contributed by atoms with van der Waals surface area (Å²) in [4.78, 5) is 0.275. The van der Waals surface area contributed by atoms with Crippen molar-refractivity contribution in [1.29, 1.82) is 5.26 Å². The van der Waals surface area contributed by atoms with Gasteiger partial charge in [-0.3, -0.25) is 5.43 Å². The highest BCUT2D eigenvalue weighted by molar-refractivity contribution is 7.91. The van der Waals surface area contributed by atoms with Gasteiger partial charge in [0.25, 0.3) is 0 Å². The highest BCUT2D eigenvalue weighted by Crippen LogP contribution is 2.12. The number of hydrazine groups is 1. The minimum atomic E-state index is -3.28. The molecule has 0 unspecified atom stereocenters. The molecular formula is C14H19N3O2S. The molecule has 1 aliphatic rings. The molecule has 1 fully saturated rings. The van der Waals surface area contributed by atoms with Crippen molar-refractivity contribution in [2.45, 2.75) is 24.2 Å². The number of hydrogen-bond acceptors (Lipinski definition) is 5. The summed E-state index contributed by atoms with van der Waals surface area (Å²) < 4.78 is 24.3. The quantitative estimate of drug-likeness (QED) is 0.886. The number of nitriles is 1. The molecule has 108 valence electrons. The fourth-order valence-electron chi connectivity index (χ4n) is 2.24. The number of benzene rings is 1. The van der Waals surface area contributed by atoms with Gasteiger partial charge in [-0.05, 0) is 37.1 Å². The number of sulfone groups is 1. The van der Waals surface area contributed by atoms with Crippen LogP contribution >= 0.6 is 0 Å². The summed E-state index contributed by atoms with van der Waals surface area (Å²) in [6.45, 7) is 2.39. The van der Waals surface area contributed by atoms with Crippen LogP contribution in [-0.4, -0.2) is 38.8 Å². The second kappa shape index (κ2) is 6.84. The highest BCUT2D eigenvalue weighted by Gasteiger charge is 2.15. The Bertz CT molecular complexity index is 569. The molecule has 1 aromatic carbocycles. The van der Waals surface area contributed by atoms with E-state index in [1.54, 1.807) is 0 Å². The van der Waals surface area contributed by atoms with Gasteiger partial charge in [0.15, 0.2) is 9.84 Å². The van der Waals surface area contributed by atoms with Crippen molar-refractivity contribution in [3.8, 4) is 6.07 Å². The minimum absolute atomic E-state index is 0.0649. The lowest BCUT2D eigenvalue weighted by Crippen LogP contribution is -2.43. The number of nitrogens with one attached hydrogen (secondary N) is 1. The largest absolute Gasteiger partial charge is 0.254 e. The second-order valence-electron chi connectivity index (χ2n) is 4.91. The Hall–Kier alpha value is -1.42. The molecule has 5 nitrogen and oxygen atoms in total. The van der Waals surface area contributed by atoms with Crippen LogP contribution in [0.1, 0.15) is 24.8 Å². The van der Waals surface area contributed by atoms with Gasteiger partial charge in [-0.15, -0.1) is 0 Å². The number of piperidine rings is 1. The minimum Gasteiger partial charge on any atom is -0.254 e. The third-order valence-corrected chi connectivity index (χ3v) is 5.14. The molecule has 1 N–H and O–H groups in total. The molecule has 0 bridgehead atoms. The molecule has 20 heavy (non-hydrogen) atoms. The fourth-order valence-corrected chi connectivity index (χ4v) is 3.39. The van der Waals surface area contributed by atoms with Crippen LogP contribution in [0.25, 0.3) is 0 Å². The molecule has 0 radical (unpaired) electrons. The predicted octanol–water partition coefficient (Wildman–Crippen LogP) is 1.32. The SMILES string of the molecule is N#Cc1ccc(S(=O)(=O)CCNN2CCCCC2)cc1. The third kappa shape index (κ3) is 4.04. The fraction of sp³-hybridized carbons (Fsp3) is 0.500. The van der Waals surface area contributed by atoms with Crippen molar-refractivity contribution in [1.82, 2.24) is 10.4 Å². The molecule has 1 saturated heterocycles. The molecule has 2 rings (SSSR count). The summed E-state index contributed by atoms with van der Waals surface area (Å²) in [7, 11) is -3.28. The average molecular weight is 293 g/mol. The van der Waals surface area contributed by atoms with Crippen LogP contribution in [0.15, 0.2) is 29.2 Å². The first kappa shape index (κ1) is 15.0. The lowest BCUT2D eigenvalue weighted by Gasteiger charge is -2.27. The van der Waals surface area contributed by atoms with Gasteiger partial charge in [0.2, 0.25) is 0 Å². The standard InChI is InChI=1S/C14H19N3O2S/c15-12-13-4-6-14(7-5-13)20(18,19)11-8-16-17-9-2-1-3-10-17/h4-7,16H,1-3,8-11H2. The molecule has 1 heterocycles. The van der Waals surface area contributed by atoms with Crippen molar-refractivity contribution in [2.75, 3.05) is 25.4 Å². The van der Waals surface area contributed by atoms with Crippen LogP contribution in [0, 0.1) is 11.3 Å². The maximum atomic E-state index is 12.1. The molecular weight excluding hydrogens is 274 g/mol. The van der Waals surface area contributed by atoms with Crippen LogP contribution in [0.4, 0.5) is 0 Å². The molecule has 0 aliphatic carbocycles. The van der Waals surface area contributed by atoms with Gasteiger partial charge in [-0.2, -0.15) is 5.26 Å². The van der Waals surface area contributed by atoms with E-state index < -0.39 is 9.84 Å². The van der Waals surface area contributed by atoms with E-state index in [0.717, 1.165) is 25.9 Å². The van der Waals surface area contributed by atoms with Crippen molar-refractivity contribution < 1.29 is 8.42 Å². The zero-order chi connectivity index (χ0) is 14.4. The Morgan fingerprint density at radius 2 is 1.80 bits per heavy atom. The molecule has 0 aromatic heterocycles. The normalized spacial score (nSPS) is 16.8. The molecule has 1 aliphatic heterocycles. The van der Waals surface area contributed by atoms with E-state index in [-0.39, 0.29) is 10.6 Å². The lowest BCUT2D eigenvalue weighted by atomic mass is 10.2. The van der Waals surface area contributed by atoms with E-state index in [1.165, 1.54) is 30.7 Å². The average Bonchev–Trinajstić information content (AvgIpc) is 2.48. The van der Waals surface area contributed by atoms with Crippen LogP contribution in [0.5, 0.6) is 0 Å². The smallest absolute Gasteiger partial charge is 0.179 e. The lowest BCUT2D eigenvalue weighted by molar-refractivity contribution is 0.159. The molecule has 6 heteroatoms. The summed E-state index contributed by atoms with van der Waals surface area (Å²) >= 11 is 0. The summed E-state index contributed by atoms with van der Waals surface area (Å²) in [5, 5.41) is 10.8. The number of hydrogen-bond donors (Lipinski definition) is 1. The molecule has 0 saturated carbocycles. The Balaban J connectivity index is 1.88. The van der Waals surface area contributed by atoms with Crippen LogP contribution < -0.4 is 5.43 Å². The zero-order valence-electron chi connectivity index (χ0n) is 11.4. The second-order valence-corrected chi connectivity index (χ2v) is 7.02. The van der Waals surface area contributed by atoms with Crippen molar-refractivity contribution in [3.63, 3.8) is 0 Å². The van der Waals surface area contributed by atoms with E-state index in [2.05, 4.69) is 10.4 Å².